The fourth-order valence-corrected chi connectivity index (χ4v) is 3.17. The van der Waals surface area contributed by atoms with E-state index in [1.807, 2.05) is 31.3 Å². The topological polar surface area (TPSA) is 88.2 Å². The Morgan fingerprint density at radius 3 is 2.89 bits per heavy atom. The number of halogens is 2. The minimum atomic E-state index is 0. The van der Waals surface area contributed by atoms with E-state index in [9.17, 15) is 0 Å². The average molecular weight is 519 g/mol. The molecule has 2 aromatic heterocycles. The Balaban J connectivity index is 0.00000261. The summed E-state index contributed by atoms with van der Waals surface area (Å²) < 4.78 is 5.29. The third kappa shape index (κ3) is 6.43. The van der Waals surface area contributed by atoms with Gasteiger partial charge in [-0.3, -0.25) is 4.99 Å². The molecule has 1 aromatic carbocycles. The molecule has 0 unspecified atom stereocenters. The number of aliphatic imine (C=N–C) groups is 1. The molecule has 0 aliphatic rings. The van der Waals surface area contributed by atoms with Crippen LogP contribution in [0.25, 0.3) is 11.4 Å². The van der Waals surface area contributed by atoms with Gasteiger partial charge >= 0.3 is 0 Å². The first-order chi connectivity index (χ1) is 12.6. The quantitative estimate of drug-likeness (QED) is 0.294. The largest absolute Gasteiger partial charge is 0.356 e. The molecule has 0 aliphatic heterocycles. The molecular formula is C17H20ClIN6OS. The first-order valence-electron chi connectivity index (χ1n) is 8.08. The molecule has 27 heavy (non-hydrogen) atoms. The van der Waals surface area contributed by atoms with Crippen LogP contribution < -0.4 is 10.6 Å². The van der Waals surface area contributed by atoms with Gasteiger partial charge in [-0.1, -0.05) is 28.9 Å². The van der Waals surface area contributed by atoms with Gasteiger partial charge in [-0.05, 0) is 19.1 Å². The molecule has 0 saturated heterocycles. The Bertz CT molecular complexity index is 897. The number of aryl methyl sites for hydroxylation is 1. The van der Waals surface area contributed by atoms with Crippen LogP contribution in [-0.2, 0) is 13.0 Å². The Labute approximate surface area is 183 Å². The number of hydrogen-bond donors (Lipinski definition) is 2. The number of hydrogen-bond acceptors (Lipinski definition) is 6. The number of thiazole rings is 1. The summed E-state index contributed by atoms with van der Waals surface area (Å²) in [5.74, 6) is 1.79. The van der Waals surface area contributed by atoms with Crippen molar-refractivity contribution in [3.63, 3.8) is 0 Å². The van der Waals surface area contributed by atoms with Crippen LogP contribution in [0.15, 0.2) is 40.0 Å². The molecule has 2 heterocycles. The Kier molecular flexibility index (Phi) is 8.45. The second-order valence-corrected chi connectivity index (χ2v) is 7.25. The molecule has 3 aromatic rings. The second-order valence-electron chi connectivity index (χ2n) is 5.49. The number of nitrogens with zero attached hydrogens (tertiary/aromatic N) is 4. The smallest absolute Gasteiger partial charge is 0.228 e. The summed E-state index contributed by atoms with van der Waals surface area (Å²) >= 11 is 7.65. The summed E-state index contributed by atoms with van der Waals surface area (Å²) in [6.07, 6.45) is 2.45. The van der Waals surface area contributed by atoms with Crippen LogP contribution in [0.3, 0.4) is 0 Å². The highest BCUT2D eigenvalue weighted by atomic mass is 127. The van der Waals surface area contributed by atoms with Crippen molar-refractivity contribution in [2.45, 2.75) is 19.9 Å². The minimum Gasteiger partial charge on any atom is -0.356 e. The molecule has 0 spiro atoms. The molecule has 10 heteroatoms. The van der Waals surface area contributed by atoms with E-state index in [1.165, 1.54) is 4.88 Å². The highest BCUT2D eigenvalue weighted by Gasteiger charge is 2.09. The molecule has 0 saturated carbocycles. The monoisotopic (exact) mass is 518 g/mol. The fraction of sp³-hybridized carbons (Fsp3) is 0.294. The van der Waals surface area contributed by atoms with Gasteiger partial charge < -0.3 is 15.2 Å². The van der Waals surface area contributed by atoms with E-state index in [0.29, 0.717) is 42.2 Å². The summed E-state index contributed by atoms with van der Waals surface area (Å²) in [7, 11) is 1.73. The lowest BCUT2D eigenvalue weighted by Crippen LogP contribution is -2.37. The van der Waals surface area contributed by atoms with E-state index in [4.69, 9.17) is 16.1 Å². The van der Waals surface area contributed by atoms with Crippen LogP contribution in [0.5, 0.6) is 0 Å². The van der Waals surface area contributed by atoms with E-state index in [2.05, 4.69) is 30.8 Å². The molecule has 0 amide bonds. The number of nitrogens with one attached hydrogen (secondary N) is 2. The molecule has 3 rings (SSSR count). The van der Waals surface area contributed by atoms with Crippen molar-refractivity contribution < 1.29 is 4.52 Å². The SMILES string of the molecule is CN=C(NCCc1nc(-c2cccc(Cl)c2)no1)NCc1ncc(C)s1.I. The summed E-state index contributed by atoms with van der Waals surface area (Å²) in [5, 5.41) is 12.1. The van der Waals surface area contributed by atoms with Crippen LogP contribution in [0.1, 0.15) is 15.8 Å². The average Bonchev–Trinajstić information content (AvgIpc) is 3.27. The van der Waals surface area contributed by atoms with Crippen LogP contribution >= 0.6 is 46.9 Å². The van der Waals surface area contributed by atoms with Crippen molar-refractivity contribution in [2.24, 2.45) is 4.99 Å². The first kappa shape index (κ1) is 21.6. The van der Waals surface area contributed by atoms with Crippen LogP contribution in [0.2, 0.25) is 5.02 Å². The number of rotatable bonds is 6. The third-order valence-electron chi connectivity index (χ3n) is 3.48. The molecule has 0 atom stereocenters. The molecule has 7 nitrogen and oxygen atoms in total. The van der Waals surface area contributed by atoms with Crippen LogP contribution in [-0.4, -0.2) is 34.7 Å². The Morgan fingerprint density at radius 2 is 2.19 bits per heavy atom. The number of guanidine groups is 1. The van der Waals surface area contributed by atoms with Gasteiger partial charge in [0.1, 0.15) is 5.01 Å². The van der Waals surface area contributed by atoms with Gasteiger partial charge in [0.2, 0.25) is 11.7 Å². The van der Waals surface area contributed by atoms with E-state index in [0.717, 1.165) is 10.6 Å². The van der Waals surface area contributed by atoms with E-state index in [1.54, 1.807) is 24.5 Å². The summed E-state index contributed by atoms with van der Waals surface area (Å²) in [5.41, 5.74) is 0.830. The maximum absolute atomic E-state index is 5.99. The lowest BCUT2D eigenvalue weighted by molar-refractivity contribution is 0.378. The van der Waals surface area contributed by atoms with Crippen molar-refractivity contribution in [1.82, 2.24) is 25.8 Å². The maximum atomic E-state index is 5.99. The third-order valence-corrected chi connectivity index (χ3v) is 4.63. The van der Waals surface area contributed by atoms with Crippen molar-refractivity contribution in [3.05, 3.63) is 51.3 Å². The van der Waals surface area contributed by atoms with Gasteiger partial charge in [-0.25, -0.2) is 4.98 Å². The molecule has 0 fully saturated rings. The first-order valence-corrected chi connectivity index (χ1v) is 9.28. The zero-order chi connectivity index (χ0) is 18.4. The van der Waals surface area contributed by atoms with Gasteiger partial charge in [-0.2, -0.15) is 4.98 Å². The zero-order valence-corrected chi connectivity index (χ0v) is 18.8. The minimum absolute atomic E-state index is 0. The molecular weight excluding hydrogens is 499 g/mol. The lowest BCUT2D eigenvalue weighted by Gasteiger charge is -2.09. The van der Waals surface area contributed by atoms with Crippen molar-refractivity contribution in [2.75, 3.05) is 13.6 Å². The zero-order valence-electron chi connectivity index (χ0n) is 14.9. The van der Waals surface area contributed by atoms with Gasteiger partial charge in [0.15, 0.2) is 5.96 Å². The van der Waals surface area contributed by atoms with E-state index < -0.39 is 0 Å². The summed E-state index contributed by atoms with van der Waals surface area (Å²) in [4.78, 5) is 14.1. The molecule has 2 N–H and O–H groups in total. The van der Waals surface area contributed by atoms with Gasteiger partial charge in [0.25, 0.3) is 0 Å². The summed E-state index contributed by atoms with van der Waals surface area (Å²) in [6.45, 7) is 3.29. The normalized spacial score (nSPS) is 11.1. The fourth-order valence-electron chi connectivity index (χ4n) is 2.25. The lowest BCUT2D eigenvalue weighted by atomic mass is 10.2. The number of benzene rings is 1. The van der Waals surface area contributed by atoms with Gasteiger partial charge in [-0.15, -0.1) is 35.3 Å². The number of aromatic nitrogens is 3. The van der Waals surface area contributed by atoms with E-state index >= 15 is 0 Å². The molecule has 0 radical (unpaired) electrons. The highest BCUT2D eigenvalue weighted by molar-refractivity contribution is 14.0. The molecule has 144 valence electrons. The predicted octanol–water partition coefficient (Wildman–Crippen LogP) is 3.68. The van der Waals surface area contributed by atoms with Crippen molar-refractivity contribution in [3.8, 4) is 11.4 Å². The van der Waals surface area contributed by atoms with Crippen molar-refractivity contribution >= 4 is 52.9 Å². The van der Waals surface area contributed by atoms with Crippen molar-refractivity contribution in [1.29, 1.82) is 0 Å². The summed E-state index contributed by atoms with van der Waals surface area (Å²) in [6, 6.07) is 7.36. The van der Waals surface area contributed by atoms with Gasteiger partial charge in [0, 0.05) is 41.7 Å². The second kappa shape index (κ2) is 10.6. The standard InChI is InChI=1S/C17H19ClN6OS.HI/c1-11-9-21-15(26-11)10-22-17(19-2)20-7-6-14-23-16(24-25-14)12-4-3-5-13(18)8-12;/h3-5,8-9H,6-7,10H2,1-2H3,(H2,19,20,22);1H. The molecule has 0 aliphatic carbocycles. The molecule has 0 bridgehead atoms. The Morgan fingerprint density at radius 1 is 1.33 bits per heavy atom. The van der Waals surface area contributed by atoms with Gasteiger partial charge in [0.05, 0.1) is 6.54 Å². The highest BCUT2D eigenvalue weighted by Crippen LogP contribution is 2.19. The van der Waals surface area contributed by atoms with Crippen LogP contribution in [0.4, 0.5) is 0 Å². The Hall–Kier alpha value is -1.72. The maximum Gasteiger partial charge on any atom is 0.228 e. The van der Waals surface area contributed by atoms with E-state index in [-0.39, 0.29) is 24.0 Å². The predicted molar refractivity (Wildman–Crippen MR) is 119 cm³/mol. The van der Waals surface area contributed by atoms with Crippen LogP contribution in [0, 0.1) is 6.92 Å².